The van der Waals surface area contributed by atoms with E-state index in [0.717, 1.165) is 12.1 Å². The summed E-state index contributed by atoms with van der Waals surface area (Å²) in [5.74, 6) is -1.68. The third-order valence-electron chi connectivity index (χ3n) is 2.96. The van der Waals surface area contributed by atoms with Gasteiger partial charge in [-0.25, -0.2) is 8.78 Å². The van der Waals surface area contributed by atoms with E-state index in [2.05, 4.69) is 0 Å². The first-order chi connectivity index (χ1) is 8.97. The van der Waals surface area contributed by atoms with E-state index in [1.165, 1.54) is 6.07 Å². The monoisotopic (exact) mass is 270 g/mol. The van der Waals surface area contributed by atoms with Gasteiger partial charge in [0.2, 0.25) is 5.91 Å². The lowest BCUT2D eigenvalue weighted by molar-refractivity contribution is -0.131. The van der Waals surface area contributed by atoms with Crippen molar-refractivity contribution in [3.8, 4) is 0 Å². The van der Waals surface area contributed by atoms with E-state index in [0.29, 0.717) is 25.2 Å². The molecule has 1 amide bonds. The molecular formula is C14H20F2N2O. The van der Waals surface area contributed by atoms with Crippen molar-refractivity contribution in [1.29, 1.82) is 0 Å². The summed E-state index contributed by atoms with van der Waals surface area (Å²) < 4.78 is 25.9. The molecule has 0 aliphatic heterocycles. The highest BCUT2D eigenvalue weighted by Crippen LogP contribution is 2.10. The standard InChI is InChI=1S/C14H20F2N2O/c1-4-18(5-2)14(19)10-17(3)9-11-6-7-12(15)13(16)8-11/h6-8H,4-5,9-10H2,1-3H3. The Morgan fingerprint density at radius 1 is 1.16 bits per heavy atom. The second-order valence-electron chi connectivity index (χ2n) is 4.49. The third kappa shape index (κ3) is 4.59. The number of halogens is 2. The molecule has 0 aromatic heterocycles. The molecule has 0 N–H and O–H groups in total. The van der Waals surface area contributed by atoms with Crippen molar-refractivity contribution in [2.24, 2.45) is 0 Å². The second kappa shape index (κ2) is 7.19. The number of carbonyl (C=O) groups is 1. The van der Waals surface area contributed by atoms with Gasteiger partial charge < -0.3 is 4.90 Å². The average Bonchev–Trinajstić information content (AvgIpc) is 2.35. The van der Waals surface area contributed by atoms with Crippen LogP contribution in [0.4, 0.5) is 8.78 Å². The number of rotatable bonds is 6. The number of nitrogens with zero attached hydrogens (tertiary/aromatic N) is 2. The summed E-state index contributed by atoms with van der Waals surface area (Å²) in [6.07, 6.45) is 0. The van der Waals surface area contributed by atoms with Crippen molar-refractivity contribution in [2.45, 2.75) is 20.4 Å². The molecule has 1 aromatic carbocycles. The molecule has 0 saturated carbocycles. The summed E-state index contributed by atoms with van der Waals surface area (Å²) in [5, 5.41) is 0. The SMILES string of the molecule is CCN(CC)C(=O)CN(C)Cc1ccc(F)c(F)c1. The quantitative estimate of drug-likeness (QED) is 0.791. The third-order valence-corrected chi connectivity index (χ3v) is 2.96. The van der Waals surface area contributed by atoms with Crippen LogP contribution in [-0.2, 0) is 11.3 Å². The van der Waals surface area contributed by atoms with Gasteiger partial charge in [0.1, 0.15) is 0 Å². The van der Waals surface area contributed by atoms with Gasteiger partial charge in [-0.15, -0.1) is 0 Å². The molecule has 0 saturated heterocycles. The van der Waals surface area contributed by atoms with Gasteiger partial charge in [-0.05, 0) is 38.6 Å². The molecule has 5 heteroatoms. The maximum Gasteiger partial charge on any atom is 0.236 e. The van der Waals surface area contributed by atoms with Gasteiger partial charge in [0.25, 0.3) is 0 Å². The normalized spacial score (nSPS) is 10.8. The van der Waals surface area contributed by atoms with Crippen molar-refractivity contribution in [3.05, 3.63) is 35.4 Å². The van der Waals surface area contributed by atoms with E-state index in [-0.39, 0.29) is 12.5 Å². The highest BCUT2D eigenvalue weighted by atomic mass is 19.2. The van der Waals surface area contributed by atoms with Crippen LogP contribution < -0.4 is 0 Å². The highest BCUT2D eigenvalue weighted by molar-refractivity contribution is 5.78. The Kier molecular flexibility index (Phi) is 5.89. The Bertz CT molecular complexity index is 433. The van der Waals surface area contributed by atoms with E-state index in [9.17, 15) is 13.6 Å². The number of likely N-dealkylation sites (N-methyl/N-ethyl adjacent to an activating group) is 2. The first-order valence-electron chi connectivity index (χ1n) is 6.38. The van der Waals surface area contributed by atoms with E-state index in [4.69, 9.17) is 0 Å². The Morgan fingerprint density at radius 3 is 2.32 bits per heavy atom. The molecule has 0 heterocycles. The van der Waals surface area contributed by atoms with Crippen LogP contribution >= 0.6 is 0 Å². The van der Waals surface area contributed by atoms with Gasteiger partial charge >= 0.3 is 0 Å². The Morgan fingerprint density at radius 2 is 1.79 bits per heavy atom. The highest BCUT2D eigenvalue weighted by Gasteiger charge is 2.13. The molecule has 0 radical (unpaired) electrons. The number of hydrogen-bond acceptors (Lipinski definition) is 2. The van der Waals surface area contributed by atoms with Crippen LogP contribution in [0.3, 0.4) is 0 Å². The molecule has 0 fully saturated rings. The number of amides is 1. The molecule has 106 valence electrons. The minimum atomic E-state index is -0.860. The van der Waals surface area contributed by atoms with E-state index >= 15 is 0 Å². The van der Waals surface area contributed by atoms with Crippen LogP contribution in [0.2, 0.25) is 0 Å². The molecule has 0 spiro atoms. The van der Waals surface area contributed by atoms with Gasteiger partial charge in [-0.1, -0.05) is 6.07 Å². The predicted molar refractivity (Wildman–Crippen MR) is 70.6 cm³/mol. The first kappa shape index (κ1) is 15.6. The smallest absolute Gasteiger partial charge is 0.236 e. The molecule has 0 aliphatic rings. The number of carbonyl (C=O) groups excluding carboxylic acids is 1. The summed E-state index contributed by atoms with van der Waals surface area (Å²) in [7, 11) is 1.78. The fraction of sp³-hybridized carbons (Fsp3) is 0.500. The minimum absolute atomic E-state index is 0.0371. The summed E-state index contributed by atoms with van der Waals surface area (Å²) in [4.78, 5) is 15.4. The van der Waals surface area contributed by atoms with Crippen molar-refractivity contribution >= 4 is 5.91 Å². The minimum Gasteiger partial charge on any atom is -0.342 e. The number of benzene rings is 1. The lowest BCUT2D eigenvalue weighted by Gasteiger charge is -2.23. The van der Waals surface area contributed by atoms with Crippen molar-refractivity contribution in [1.82, 2.24) is 9.80 Å². The maximum absolute atomic E-state index is 13.1. The lowest BCUT2D eigenvalue weighted by atomic mass is 10.2. The molecule has 0 atom stereocenters. The van der Waals surface area contributed by atoms with Gasteiger partial charge in [0, 0.05) is 19.6 Å². The second-order valence-corrected chi connectivity index (χ2v) is 4.49. The van der Waals surface area contributed by atoms with E-state index < -0.39 is 11.6 Å². The van der Waals surface area contributed by atoms with Crippen molar-refractivity contribution in [3.63, 3.8) is 0 Å². The molecule has 0 bridgehead atoms. The maximum atomic E-state index is 13.1. The zero-order valence-corrected chi connectivity index (χ0v) is 11.6. The van der Waals surface area contributed by atoms with Crippen LogP contribution in [0.25, 0.3) is 0 Å². The van der Waals surface area contributed by atoms with Crippen LogP contribution in [0.15, 0.2) is 18.2 Å². The van der Waals surface area contributed by atoms with Gasteiger partial charge in [-0.2, -0.15) is 0 Å². The summed E-state index contributed by atoms with van der Waals surface area (Å²) in [6.45, 7) is 5.88. The van der Waals surface area contributed by atoms with E-state index in [1.54, 1.807) is 16.8 Å². The first-order valence-corrected chi connectivity index (χ1v) is 6.38. The molecular weight excluding hydrogens is 250 g/mol. The fourth-order valence-electron chi connectivity index (χ4n) is 1.91. The van der Waals surface area contributed by atoms with Crippen molar-refractivity contribution < 1.29 is 13.6 Å². The van der Waals surface area contributed by atoms with Gasteiger partial charge in [0.15, 0.2) is 11.6 Å². The van der Waals surface area contributed by atoms with Crippen LogP contribution in [0.1, 0.15) is 19.4 Å². The Labute approximate surface area is 112 Å². The summed E-state index contributed by atoms with van der Waals surface area (Å²) in [6, 6.07) is 3.79. The zero-order chi connectivity index (χ0) is 14.4. The van der Waals surface area contributed by atoms with Gasteiger partial charge in [0.05, 0.1) is 6.54 Å². The van der Waals surface area contributed by atoms with Gasteiger partial charge in [-0.3, -0.25) is 9.69 Å². The van der Waals surface area contributed by atoms with Crippen molar-refractivity contribution in [2.75, 3.05) is 26.7 Å². The Balaban J connectivity index is 2.57. The molecule has 19 heavy (non-hydrogen) atoms. The molecule has 1 aromatic rings. The Hall–Kier alpha value is -1.49. The van der Waals surface area contributed by atoms with Crippen LogP contribution in [-0.4, -0.2) is 42.4 Å². The fourth-order valence-corrected chi connectivity index (χ4v) is 1.91. The zero-order valence-electron chi connectivity index (χ0n) is 11.6. The molecule has 1 rings (SSSR count). The predicted octanol–water partition coefficient (Wildman–Crippen LogP) is 2.26. The largest absolute Gasteiger partial charge is 0.342 e. The molecule has 0 unspecified atom stereocenters. The van der Waals surface area contributed by atoms with Crippen LogP contribution in [0.5, 0.6) is 0 Å². The molecule has 0 aliphatic carbocycles. The average molecular weight is 270 g/mol. The summed E-state index contributed by atoms with van der Waals surface area (Å²) in [5.41, 5.74) is 0.647. The summed E-state index contributed by atoms with van der Waals surface area (Å²) >= 11 is 0. The number of hydrogen-bond donors (Lipinski definition) is 0. The van der Waals surface area contributed by atoms with Crippen LogP contribution in [0, 0.1) is 11.6 Å². The molecule has 3 nitrogen and oxygen atoms in total. The van der Waals surface area contributed by atoms with E-state index in [1.807, 2.05) is 13.8 Å². The topological polar surface area (TPSA) is 23.6 Å². The lowest BCUT2D eigenvalue weighted by Crippen LogP contribution is -2.38.